The Balaban J connectivity index is 1.52. The van der Waals surface area contributed by atoms with Crippen LogP contribution in [0.1, 0.15) is 5.56 Å². The molecule has 3 heterocycles. The summed E-state index contributed by atoms with van der Waals surface area (Å²) in [4.78, 5) is 29.9. The normalized spacial score (nSPS) is 11.3. The first-order valence-corrected chi connectivity index (χ1v) is 9.23. The fraction of sp³-hybridized carbons (Fsp3) is 0.0909. The van der Waals surface area contributed by atoms with Crippen molar-refractivity contribution in [2.24, 2.45) is 0 Å². The third-order valence-corrected chi connectivity index (χ3v) is 4.95. The van der Waals surface area contributed by atoms with Crippen molar-refractivity contribution in [2.45, 2.75) is 13.5 Å². The zero-order chi connectivity index (χ0) is 20.0. The first-order chi connectivity index (χ1) is 14.1. The predicted molar refractivity (Wildman–Crippen MR) is 112 cm³/mol. The van der Waals surface area contributed by atoms with Crippen molar-refractivity contribution in [3.8, 4) is 0 Å². The zero-order valence-corrected chi connectivity index (χ0v) is 15.7. The number of carbonyl (C=O) groups excluding carboxylic acids is 1. The largest absolute Gasteiger partial charge is 0.351 e. The molecule has 0 aliphatic rings. The number of amides is 1. The van der Waals surface area contributed by atoms with Gasteiger partial charge in [-0.05, 0) is 54.3 Å². The molecule has 0 aliphatic carbocycles. The highest BCUT2D eigenvalue weighted by Crippen LogP contribution is 2.21. The van der Waals surface area contributed by atoms with Crippen molar-refractivity contribution in [3.05, 3.63) is 82.9 Å². The molecule has 29 heavy (non-hydrogen) atoms. The molecule has 5 rings (SSSR count). The summed E-state index contributed by atoms with van der Waals surface area (Å²) in [6.45, 7) is 1.73. The molecule has 0 atom stereocenters. The lowest BCUT2D eigenvalue weighted by Crippen LogP contribution is -2.28. The van der Waals surface area contributed by atoms with E-state index in [0.29, 0.717) is 11.3 Å². The molecule has 0 spiro atoms. The molecule has 0 aliphatic heterocycles. The lowest BCUT2D eigenvalue weighted by Gasteiger charge is -2.07. The minimum absolute atomic E-state index is 0.176. The van der Waals surface area contributed by atoms with Crippen molar-refractivity contribution in [3.63, 3.8) is 0 Å². The summed E-state index contributed by atoms with van der Waals surface area (Å²) >= 11 is 0. The van der Waals surface area contributed by atoms with Gasteiger partial charge in [-0.2, -0.15) is 0 Å². The second kappa shape index (κ2) is 6.56. The molecule has 142 valence electrons. The molecule has 0 bridgehead atoms. The third-order valence-electron chi connectivity index (χ3n) is 4.95. The number of aromatic nitrogens is 4. The highest BCUT2D eigenvalue weighted by atomic mass is 16.2. The Bertz CT molecular complexity index is 1460. The van der Waals surface area contributed by atoms with E-state index in [4.69, 9.17) is 0 Å². The Kier molecular flexibility index (Phi) is 3.87. The molecule has 0 saturated heterocycles. The van der Waals surface area contributed by atoms with E-state index in [2.05, 4.69) is 15.4 Å². The summed E-state index contributed by atoms with van der Waals surface area (Å²) in [5.41, 5.74) is 3.30. The van der Waals surface area contributed by atoms with Crippen molar-refractivity contribution < 1.29 is 4.79 Å². The number of aryl methyl sites for hydroxylation is 1. The van der Waals surface area contributed by atoms with Crippen LogP contribution in [0.4, 0.5) is 5.69 Å². The zero-order valence-electron chi connectivity index (χ0n) is 15.7. The Morgan fingerprint density at radius 3 is 2.83 bits per heavy atom. The van der Waals surface area contributed by atoms with Crippen molar-refractivity contribution in [1.82, 2.24) is 19.2 Å². The van der Waals surface area contributed by atoms with Crippen LogP contribution in [0.15, 0.2) is 71.7 Å². The van der Waals surface area contributed by atoms with E-state index in [1.807, 2.05) is 67.6 Å². The number of fused-ring (bicyclic) bond motifs is 4. The number of hydrogen-bond donors (Lipinski definition) is 1. The van der Waals surface area contributed by atoms with Gasteiger partial charge in [0.1, 0.15) is 6.54 Å². The number of hydrogen-bond acceptors (Lipinski definition) is 4. The number of benzene rings is 2. The molecule has 1 amide bonds. The van der Waals surface area contributed by atoms with Crippen molar-refractivity contribution in [2.75, 3.05) is 5.32 Å². The van der Waals surface area contributed by atoms with E-state index in [9.17, 15) is 9.59 Å². The van der Waals surface area contributed by atoms with Gasteiger partial charge in [0.15, 0.2) is 5.65 Å². The topological polar surface area (TPSA) is 81.3 Å². The molecule has 0 unspecified atom stereocenters. The monoisotopic (exact) mass is 383 g/mol. The van der Waals surface area contributed by atoms with E-state index in [-0.39, 0.29) is 18.1 Å². The average Bonchev–Trinajstić information content (AvgIpc) is 3.05. The molecule has 0 fully saturated rings. The van der Waals surface area contributed by atoms with E-state index in [1.54, 1.807) is 10.6 Å². The molecule has 0 saturated carbocycles. The van der Waals surface area contributed by atoms with Crippen LogP contribution >= 0.6 is 0 Å². The quantitative estimate of drug-likeness (QED) is 0.519. The Labute approximate surface area is 165 Å². The summed E-state index contributed by atoms with van der Waals surface area (Å²) in [6.07, 6.45) is 1.71. The second-order valence-electron chi connectivity index (χ2n) is 6.91. The van der Waals surface area contributed by atoms with Crippen LogP contribution in [0.2, 0.25) is 0 Å². The van der Waals surface area contributed by atoms with Gasteiger partial charge in [0.25, 0.3) is 0 Å². The van der Waals surface area contributed by atoms with E-state index in [1.165, 1.54) is 4.68 Å². The van der Waals surface area contributed by atoms with Gasteiger partial charge in [-0.3, -0.25) is 9.78 Å². The SMILES string of the molecule is Cc1cc2ccccc2n2c(=O)n(CC(=O)Nc3cccc4ncccc34)nc12. The summed E-state index contributed by atoms with van der Waals surface area (Å²) in [5.74, 6) is -0.325. The van der Waals surface area contributed by atoms with E-state index >= 15 is 0 Å². The smallest absolute Gasteiger partial charge is 0.324 e. The van der Waals surface area contributed by atoms with Crippen LogP contribution in [-0.4, -0.2) is 25.1 Å². The molecule has 7 heteroatoms. The number of nitrogens with zero attached hydrogens (tertiary/aromatic N) is 4. The lowest BCUT2D eigenvalue weighted by atomic mass is 10.1. The minimum atomic E-state index is -0.338. The molecular weight excluding hydrogens is 366 g/mol. The number of rotatable bonds is 3. The summed E-state index contributed by atoms with van der Waals surface area (Å²) in [5, 5.41) is 9.06. The van der Waals surface area contributed by atoms with Gasteiger partial charge in [0.2, 0.25) is 5.91 Å². The van der Waals surface area contributed by atoms with Gasteiger partial charge in [-0.25, -0.2) is 13.9 Å². The molecule has 1 N–H and O–H groups in total. The summed E-state index contributed by atoms with van der Waals surface area (Å²) < 4.78 is 2.76. The van der Waals surface area contributed by atoms with Gasteiger partial charge < -0.3 is 5.32 Å². The number of nitrogens with one attached hydrogen (secondary N) is 1. The lowest BCUT2D eigenvalue weighted by molar-refractivity contribution is -0.116. The Morgan fingerprint density at radius 1 is 1.07 bits per heavy atom. The van der Waals surface area contributed by atoms with Crippen molar-refractivity contribution in [1.29, 1.82) is 0 Å². The number of carbonyl (C=O) groups is 1. The van der Waals surface area contributed by atoms with E-state index in [0.717, 1.165) is 27.4 Å². The average molecular weight is 383 g/mol. The fourth-order valence-electron chi connectivity index (χ4n) is 3.63. The molecule has 7 nitrogen and oxygen atoms in total. The third kappa shape index (κ3) is 2.84. The van der Waals surface area contributed by atoms with Gasteiger partial charge in [-0.15, -0.1) is 5.10 Å². The minimum Gasteiger partial charge on any atom is -0.324 e. The number of anilines is 1. The molecular formula is C22H17N5O2. The Hall–Kier alpha value is -4.00. The number of para-hydroxylation sites is 1. The van der Waals surface area contributed by atoms with Gasteiger partial charge in [-0.1, -0.05) is 24.3 Å². The van der Waals surface area contributed by atoms with Crippen LogP contribution in [-0.2, 0) is 11.3 Å². The maximum atomic E-state index is 13.0. The fourth-order valence-corrected chi connectivity index (χ4v) is 3.63. The first-order valence-electron chi connectivity index (χ1n) is 9.23. The van der Waals surface area contributed by atoms with E-state index < -0.39 is 0 Å². The molecule has 3 aromatic heterocycles. The van der Waals surface area contributed by atoms with Crippen molar-refractivity contribution >= 4 is 39.0 Å². The van der Waals surface area contributed by atoms with Crippen LogP contribution in [0, 0.1) is 6.92 Å². The Morgan fingerprint density at radius 2 is 1.93 bits per heavy atom. The number of pyridine rings is 2. The molecule has 0 radical (unpaired) electrons. The predicted octanol–water partition coefficient (Wildman–Crippen LogP) is 3.14. The summed E-state index contributed by atoms with van der Waals surface area (Å²) in [7, 11) is 0. The maximum absolute atomic E-state index is 13.0. The molecule has 5 aromatic rings. The maximum Gasteiger partial charge on any atom is 0.351 e. The van der Waals surface area contributed by atoms with Gasteiger partial charge >= 0.3 is 5.69 Å². The second-order valence-corrected chi connectivity index (χ2v) is 6.91. The first kappa shape index (κ1) is 17.1. The highest BCUT2D eigenvalue weighted by Gasteiger charge is 2.15. The summed E-state index contributed by atoms with van der Waals surface area (Å²) in [6, 6.07) is 18.9. The van der Waals surface area contributed by atoms with Crippen LogP contribution in [0.3, 0.4) is 0 Å². The highest BCUT2D eigenvalue weighted by molar-refractivity contribution is 6.00. The molecule has 2 aromatic carbocycles. The van der Waals surface area contributed by atoms with Gasteiger partial charge in [0.05, 0.1) is 16.7 Å². The standard InChI is InChI=1S/C22H17N5O2/c1-14-12-15-6-2-3-10-19(15)27-21(14)25-26(22(27)29)13-20(28)24-18-9-4-8-17-16(18)7-5-11-23-17/h2-12H,13H2,1H3,(H,24,28). The van der Waals surface area contributed by atoms with Crippen LogP contribution in [0.5, 0.6) is 0 Å². The van der Waals surface area contributed by atoms with Crippen LogP contribution in [0.25, 0.3) is 27.5 Å². The van der Waals surface area contributed by atoms with Gasteiger partial charge in [0, 0.05) is 11.6 Å². The van der Waals surface area contributed by atoms with Crippen LogP contribution < -0.4 is 11.0 Å².